The molecule has 0 aliphatic rings. The molecule has 0 unspecified atom stereocenters. The van der Waals surface area contributed by atoms with E-state index in [2.05, 4.69) is 11.7 Å². The lowest BCUT2D eigenvalue weighted by atomic mass is 10.2. The van der Waals surface area contributed by atoms with Crippen molar-refractivity contribution in [2.24, 2.45) is 10.7 Å². The molecular weight excluding hydrogens is 128 g/mol. The summed E-state index contributed by atoms with van der Waals surface area (Å²) in [5.74, 6) is 0.429. The van der Waals surface area contributed by atoms with Crippen LogP contribution in [0.3, 0.4) is 0 Å². The highest BCUT2D eigenvalue weighted by molar-refractivity contribution is 5.84. The molecule has 0 aliphatic carbocycles. The smallest absolute Gasteiger partial charge is 0.119 e. The van der Waals surface area contributed by atoms with E-state index in [-0.39, 0.29) is 11.7 Å². The average molecular weight is 140 g/mol. The minimum atomic E-state index is 0.164. The second kappa shape index (κ2) is 4.67. The van der Waals surface area contributed by atoms with Crippen LogP contribution in [0.2, 0.25) is 0 Å². The highest BCUT2D eigenvalue weighted by Crippen LogP contribution is 1.95. The van der Waals surface area contributed by atoms with E-state index < -0.39 is 0 Å². The van der Waals surface area contributed by atoms with E-state index in [1.165, 1.54) is 0 Å². The summed E-state index contributed by atoms with van der Waals surface area (Å²) in [7, 11) is 0. The van der Waals surface area contributed by atoms with Crippen LogP contribution >= 0.6 is 0 Å². The molecule has 10 heavy (non-hydrogen) atoms. The van der Waals surface area contributed by atoms with Crippen LogP contribution in [0.4, 0.5) is 0 Å². The first-order chi connectivity index (χ1) is 4.66. The molecule has 56 valence electrons. The predicted molar refractivity (Wildman–Crippen MR) is 43.0 cm³/mol. The van der Waals surface area contributed by atoms with Gasteiger partial charge in [-0.15, -0.1) is 0 Å². The van der Waals surface area contributed by atoms with Crippen LogP contribution < -0.4 is 5.73 Å². The standard InChI is InChI=1S/C6H12N4/c1-10-6(9)4-2-3-5(7)8/h9H,1-4H2,(H3,7,8). The zero-order valence-corrected chi connectivity index (χ0v) is 5.85. The fourth-order valence-electron chi connectivity index (χ4n) is 0.525. The summed E-state index contributed by atoms with van der Waals surface area (Å²) in [5.41, 5.74) is 5.09. The number of hydrogen-bond acceptors (Lipinski definition) is 2. The molecule has 0 aromatic heterocycles. The van der Waals surface area contributed by atoms with Gasteiger partial charge in [-0.25, -0.2) is 4.99 Å². The van der Waals surface area contributed by atoms with Gasteiger partial charge >= 0.3 is 0 Å². The van der Waals surface area contributed by atoms with E-state index in [1.807, 2.05) is 0 Å². The van der Waals surface area contributed by atoms with Crippen molar-refractivity contribution in [2.45, 2.75) is 19.3 Å². The number of amidine groups is 2. The topological polar surface area (TPSA) is 86.1 Å². The first-order valence-electron chi connectivity index (χ1n) is 3.04. The van der Waals surface area contributed by atoms with Crippen LogP contribution in [0.25, 0.3) is 0 Å². The lowest BCUT2D eigenvalue weighted by Crippen LogP contribution is -2.09. The van der Waals surface area contributed by atoms with Gasteiger partial charge in [-0.2, -0.15) is 0 Å². The summed E-state index contributed by atoms with van der Waals surface area (Å²) in [6, 6.07) is 0. The van der Waals surface area contributed by atoms with E-state index in [0.29, 0.717) is 19.3 Å². The number of hydrogen-bond donors (Lipinski definition) is 3. The maximum Gasteiger partial charge on any atom is 0.119 e. The third-order valence-corrected chi connectivity index (χ3v) is 1.05. The number of nitrogens with zero attached hydrogens (tertiary/aromatic N) is 1. The molecule has 0 fully saturated rings. The predicted octanol–water partition coefficient (Wildman–Crippen LogP) is 0.771. The van der Waals surface area contributed by atoms with Crippen LogP contribution in [0.5, 0.6) is 0 Å². The van der Waals surface area contributed by atoms with E-state index in [0.717, 1.165) is 0 Å². The first kappa shape index (κ1) is 8.81. The molecule has 4 N–H and O–H groups in total. The Balaban J connectivity index is 3.28. The van der Waals surface area contributed by atoms with Gasteiger partial charge in [0, 0.05) is 12.8 Å². The Labute approximate surface area is 60.2 Å². The molecule has 0 saturated carbocycles. The minimum absolute atomic E-state index is 0.164. The Bertz CT molecular complexity index is 150. The number of rotatable bonds is 4. The van der Waals surface area contributed by atoms with Crippen molar-refractivity contribution in [3.05, 3.63) is 0 Å². The van der Waals surface area contributed by atoms with Crippen molar-refractivity contribution in [1.29, 1.82) is 10.8 Å². The Hall–Kier alpha value is -1.19. The minimum Gasteiger partial charge on any atom is -0.388 e. The van der Waals surface area contributed by atoms with E-state index >= 15 is 0 Å². The Morgan fingerprint density at radius 1 is 1.40 bits per heavy atom. The molecule has 0 aromatic carbocycles. The summed E-state index contributed by atoms with van der Waals surface area (Å²) in [5, 5.41) is 13.9. The number of aliphatic imine (C=N–C) groups is 1. The van der Waals surface area contributed by atoms with Crippen molar-refractivity contribution >= 4 is 18.4 Å². The highest BCUT2D eigenvalue weighted by Gasteiger charge is 1.93. The molecular formula is C6H12N4. The maximum atomic E-state index is 7.04. The molecule has 0 radical (unpaired) electrons. The van der Waals surface area contributed by atoms with Crippen LogP contribution in [-0.4, -0.2) is 18.4 Å². The molecule has 0 heterocycles. The SMILES string of the molecule is C=NC(=N)CCCC(=N)N. The van der Waals surface area contributed by atoms with Crippen LogP contribution in [0.15, 0.2) is 4.99 Å². The van der Waals surface area contributed by atoms with Gasteiger partial charge in [0.25, 0.3) is 0 Å². The van der Waals surface area contributed by atoms with Crippen molar-refractivity contribution in [3.8, 4) is 0 Å². The molecule has 0 rings (SSSR count). The van der Waals surface area contributed by atoms with Crippen molar-refractivity contribution in [2.75, 3.05) is 0 Å². The quantitative estimate of drug-likeness (QED) is 0.391. The summed E-state index contributed by atoms with van der Waals surface area (Å²) in [4.78, 5) is 3.41. The van der Waals surface area contributed by atoms with Gasteiger partial charge in [0.1, 0.15) is 5.84 Å². The molecule has 4 nitrogen and oxygen atoms in total. The molecule has 0 aromatic rings. The van der Waals surface area contributed by atoms with Crippen LogP contribution in [-0.2, 0) is 0 Å². The normalized spacial score (nSPS) is 8.80. The first-order valence-corrected chi connectivity index (χ1v) is 3.04. The Kier molecular flexibility index (Phi) is 4.11. The van der Waals surface area contributed by atoms with Gasteiger partial charge in [0.2, 0.25) is 0 Å². The molecule has 4 heteroatoms. The number of nitrogens with one attached hydrogen (secondary N) is 2. The fraction of sp³-hybridized carbons (Fsp3) is 0.500. The largest absolute Gasteiger partial charge is 0.388 e. The van der Waals surface area contributed by atoms with Crippen LogP contribution in [0.1, 0.15) is 19.3 Å². The van der Waals surface area contributed by atoms with Gasteiger partial charge in [-0.1, -0.05) is 0 Å². The molecule has 0 spiro atoms. The zero-order valence-electron chi connectivity index (χ0n) is 5.85. The van der Waals surface area contributed by atoms with Crippen molar-refractivity contribution < 1.29 is 0 Å². The molecule has 0 amide bonds. The molecule has 0 aliphatic heterocycles. The lowest BCUT2D eigenvalue weighted by Gasteiger charge is -1.95. The van der Waals surface area contributed by atoms with Gasteiger partial charge in [0.15, 0.2) is 0 Å². The monoisotopic (exact) mass is 140 g/mol. The molecule has 0 saturated heterocycles. The van der Waals surface area contributed by atoms with Gasteiger partial charge in [-0.3, -0.25) is 10.8 Å². The van der Waals surface area contributed by atoms with Gasteiger partial charge < -0.3 is 5.73 Å². The summed E-state index contributed by atoms with van der Waals surface area (Å²) in [6.45, 7) is 3.20. The average Bonchev–Trinajstić information content (AvgIpc) is 1.87. The van der Waals surface area contributed by atoms with Gasteiger partial charge in [-0.05, 0) is 13.1 Å². The lowest BCUT2D eigenvalue weighted by molar-refractivity contribution is 0.900. The van der Waals surface area contributed by atoms with Gasteiger partial charge in [0.05, 0.1) is 5.84 Å². The second-order valence-electron chi connectivity index (χ2n) is 1.98. The third-order valence-electron chi connectivity index (χ3n) is 1.05. The van der Waals surface area contributed by atoms with E-state index in [9.17, 15) is 0 Å². The second-order valence-corrected chi connectivity index (χ2v) is 1.98. The maximum absolute atomic E-state index is 7.04. The highest BCUT2D eigenvalue weighted by atomic mass is 14.8. The van der Waals surface area contributed by atoms with E-state index in [4.69, 9.17) is 16.6 Å². The summed E-state index contributed by atoms with van der Waals surface area (Å²) >= 11 is 0. The van der Waals surface area contributed by atoms with Crippen LogP contribution in [0, 0.1) is 10.8 Å². The Morgan fingerprint density at radius 3 is 2.40 bits per heavy atom. The van der Waals surface area contributed by atoms with E-state index in [1.54, 1.807) is 0 Å². The summed E-state index contributed by atoms with van der Waals surface area (Å²) in [6.07, 6.45) is 1.81. The molecule has 0 atom stereocenters. The zero-order chi connectivity index (χ0) is 7.98. The Morgan fingerprint density at radius 2 is 2.00 bits per heavy atom. The summed E-state index contributed by atoms with van der Waals surface area (Å²) < 4.78 is 0. The van der Waals surface area contributed by atoms with Crippen molar-refractivity contribution in [3.63, 3.8) is 0 Å². The molecule has 0 bridgehead atoms. The third kappa shape index (κ3) is 4.96. The fourth-order valence-corrected chi connectivity index (χ4v) is 0.525. The number of nitrogens with two attached hydrogens (primary N) is 1. The van der Waals surface area contributed by atoms with Crippen molar-refractivity contribution in [1.82, 2.24) is 0 Å².